The average molecular weight is 279 g/mol. The molecule has 0 saturated heterocycles. The third-order valence-corrected chi connectivity index (χ3v) is 4.43. The highest BCUT2D eigenvalue weighted by Crippen LogP contribution is 2.42. The van der Waals surface area contributed by atoms with E-state index in [9.17, 15) is 4.79 Å². The number of anilines is 1. The number of nitrogen functional groups attached to an aromatic ring is 1. The molecule has 1 heterocycles. The molecule has 0 aromatic carbocycles. The number of carbonyl (C=O) groups is 1. The lowest BCUT2D eigenvalue weighted by Crippen LogP contribution is -2.61. The molecule has 0 bridgehead atoms. The lowest BCUT2D eigenvalue weighted by atomic mass is 9.64. The Balaban J connectivity index is 2.10. The van der Waals surface area contributed by atoms with Crippen LogP contribution in [0.2, 0.25) is 0 Å². The highest BCUT2D eigenvalue weighted by Gasteiger charge is 2.49. The van der Waals surface area contributed by atoms with E-state index >= 15 is 0 Å². The maximum atomic E-state index is 12.4. The van der Waals surface area contributed by atoms with Gasteiger partial charge in [-0.25, -0.2) is 0 Å². The van der Waals surface area contributed by atoms with E-state index in [1.807, 2.05) is 24.6 Å². The summed E-state index contributed by atoms with van der Waals surface area (Å²) in [5.41, 5.74) is 7.01. The van der Waals surface area contributed by atoms with Gasteiger partial charge in [-0.15, -0.1) is 0 Å². The fourth-order valence-corrected chi connectivity index (χ4v) is 2.87. The zero-order valence-corrected chi connectivity index (χ0v) is 12.9. The third kappa shape index (κ3) is 2.42. The quantitative estimate of drug-likeness (QED) is 0.887. The van der Waals surface area contributed by atoms with E-state index in [0.717, 1.165) is 6.42 Å². The van der Waals surface area contributed by atoms with Crippen molar-refractivity contribution in [2.45, 2.75) is 52.3 Å². The molecule has 1 saturated carbocycles. The molecule has 5 nitrogen and oxygen atoms in total. The second kappa shape index (κ2) is 5.13. The van der Waals surface area contributed by atoms with Crippen LogP contribution in [0.1, 0.15) is 50.6 Å². The summed E-state index contributed by atoms with van der Waals surface area (Å²) < 4.78 is 7.32. The van der Waals surface area contributed by atoms with E-state index in [1.54, 1.807) is 13.2 Å². The van der Waals surface area contributed by atoms with Gasteiger partial charge in [0.2, 0.25) is 0 Å². The molecular formula is C15H25N3O2. The van der Waals surface area contributed by atoms with Crippen LogP contribution >= 0.6 is 0 Å². The van der Waals surface area contributed by atoms with Gasteiger partial charge in [-0.1, -0.05) is 13.8 Å². The topological polar surface area (TPSA) is 69.3 Å². The molecule has 3 N–H and O–H groups in total. The molecule has 1 amide bonds. The number of nitrogens with two attached hydrogens (primary N) is 1. The molecule has 2 unspecified atom stereocenters. The number of hydrogen-bond acceptors (Lipinski definition) is 3. The number of nitrogens with zero attached hydrogens (tertiary/aromatic N) is 1. The Morgan fingerprint density at radius 3 is 2.70 bits per heavy atom. The van der Waals surface area contributed by atoms with Gasteiger partial charge in [-0.3, -0.25) is 4.79 Å². The number of hydrogen-bond donors (Lipinski definition) is 2. The van der Waals surface area contributed by atoms with Crippen molar-refractivity contribution in [2.75, 3.05) is 12.8 Å². The van der Waals surface area contributed by atoms with Gasteiger partial charge >= 0.3 is 0 Å². The van der Waals surface area contributed by atoms with E-state index in [-0.39, 0.29) is 29.5 Å². The number of amides is 1. The Hall–Kier alpha value is -1.49. The van der Waals surface area contributed by atoms with Gasteiger partial charge in [-0.05, 0) is 26.3 Å². The van der Waals surface area contributed by atoms with Crippen molar-refractivity contribution in [3.8, 4) is 0 Å². The third-order valence-electron chi connectivity index (χ3n) is 4.43. The number of nitrogens with one attached hydrogen (secondary N) is 1. The fraction of sp³-hybridized carbons (Fsp3) is 0.667. The smallest absolute Gasteiger partial charge is 0.268 e. The summed E-state index contributed by atoms with van der Waals surface area (Å²) in [6.45, 7) is 8.30. The van der Waals surface area contributed by atoms with Crippen LogP contribution < -0.4 is 11.1 Å². The molecule has 1 aromatic heterocycles. The summed E-state index contributed by atoms with van der Waals surface area (Å²) >= 11 is 0. The summed E-state index contributed by atoms with van der Waals surface area (Å²) in [6, 6.07) is 2.07. The Morgan fingerprint density at radius 2 is 2.20 bits per heavy atom. The molecular weight excluding hydrogens is 254 g/mol. The van der Waals surface area contributed by atoms with E-state index in [1.165, 1.54) is 0 Å². The summed E-state index contributed by atoms with van der Waals surface area (Å²) in [5, 5.41) is 3.10. The van der Waals surface area contributed by atoms with Crippen LogP contribution in [0.3, 0.4) is 0 Å². The molecule has 0 spiro atoms. The lowest BCUT2D eigenvalue weighted by Gasteiger charge is -2.51. The summed E-state index contributed by atoms with van der Waals surface area (Å²) in [6.07, 6.45) is 2.87. The van der Waals surface area contributed by atoms with Crippen molar-refractivity contribution in [3.05, 3.63) is 18.0 Å². The SMILES string of the molecule is COC1CC(NC(=O)c2cc(N)cn2C(C)C)C1(C)C. The Bertz CT molecular complexity index is 505. The summed E-state index contributed by atoms with van der Waals surface area (Å²) in [5.74, 6) is -0.0666. The van der Waals surface area contributed by atoms with Gasteiger partial charge in [0.25, 0.3) is 5.91 Å². The number of rotatable bonds is 4. The standard InChI is InChI=1S/C15H25N3O2/c1-9(2)18-8-10(16)6-11(18)14(19)17-12-7-13(20-5)15(12,3)4/h6,8-9,12-13H,7,16H2,1-5H3,(H,17,19). The van der Waals surface area contributed by atoms with E-state index in [0.29, 0.717) is 11.4 Å². The van der Waals surface area contributed by atoms with Crippen molar-refractivity contribution < 1.29 is 9.53 Å². The van der Waals surface area contributed by atoms with Gasteiger partial charge in [0, 0.05) is 30.8 Å². The van der Waals surface area contributed by atoms with E-state index in [4.69, 9.17) is 10.5 Å². The highest BCUT2D eigenvalue weighted by atomic mass is 16.5. The molecule has 0 radical (unpaired) electrons. The van der Waals surface area contributed by atoms with Crippen LogP contribution in [0, 0.1) is 5.41 Å². The first kappa shape index (κ1) is 14.9. The largest absolute Gasteiger partial charge is 0.397 e. The lowest BCUT2D eigenvalue weighted by molar-refractivity contribution is -0.0943. The first-order chi connectivity index (χ1) is 9.27. The zero-order chi connectivity index (χ0) is 15.1. The molecule has 1 aliphatic carbocycles. The minimum Gasteiger partial charge on any atom is -0.397 e. The molecule has 1 aliphatic rings. The summed E-state index contributed by atoms with van der Waals surface area (Å²) in [7, 11) is 1.72. The first-order valence-electron chi connectivity index (χ1n) is 7.08. The molecule has 2 atom stereocenters. The van der Waals surface area contributed by atoms with Crippen molar-refractivity contribution in [2.24, 2.45) is 5.41 Å². The minimum atomic E-state index is -0.0666. The van der Waals surface area contributed by atoms with E-state index < -0.39 is 0 Å². The molecule has 1 aromatic rings. The average Bonchev–Trinajstić information content (AvgIpc) is 2.76. The molecule has 112 valence electrons. The fourth-order valence-electron chi connectivity index (χ4n) is 2.87. The Morgan fingerprint density at radius 1 is 1.55 bits per heavy atom. The monoisotopic (exact) mass is 279 g/mol. The summed E-state index contributed by atoms with van der Waals surface area (Å²) in [4.78, 5) is 12.4. The van der Waals surface area contributed by atoms with Crippen molar-refractivity contribution in [1.82, 2.24) is 9.88 Å². The highest BCUT2D eigenvalue weighted by molar-refractivity contribution is 5.94. The molecule has 1 fully saturated rings. The first-order valence-corrected chi connectivity index (χ1v) is 7.08. The van der Waals surface area contributed by atoms with Crippen LogP contribution in [0.15, 0.2) is 12.3 Å². The molecule has 20 heavy (non-hydrogen) atoms. The van der Waals surface area contributed by atoms with Crippen molar-refractivity contribution in [1.29, 1.82) is 0 Å². The number of methoxy groups -OCH3 is 1. The van der Waals surface area contributed by atoms with Crippen molar-refractivity contribution >= 4 is 11.6 Å². The van der Waals surface area contributed by atoms with Gasteiger partial charge in [0.05, 0.1) is 11.8 Å². The maximum absolute atomic E-state index is 12.4. The van der Waals surface area contributed by atoms with Crippen LogP contribution in [0.4, 0.5) is 5.69 Å². The number of carbonyl (C=O) groups excluding carboxylic acids is 1. The van der Waals surface area contributed by atoms with Crippen LogP contribution in [0.5, 0.6) is 0 Å². The van der Waals surface area contributed by atoms with Crippen molar-refractivity contribution in [3.63, 3.8) is 0 Å². The second-order valence-electron chi connectivity index (χ2n) is 6.47. The Kier molecular flexibility index (Phi) is 3.82. The van der Waals surface area contributed by atoms with Crippen LogP contribution in [-0.2, 0) is 4.74 Å². The maximum Gasteiger partial charge on any atom is 0.268 e. The second-order valence-corrected chi connectivity index (χ2v) is 6.47. The van der Waals surface area contributed by atoms with Gasteiger partial charge in [-0.2, -0.15) is 0 Å². The van der Waals surface area contributed by atoms with Gasteiger partial charge in [0.15, 0.2) is 0 Å². The number of ether oxygens (including phenoxy) is 1. The van der Waals surface area contributed by atoms with E-state index in [2.05, 4.69) is 19.2 Å². The predicted molar refractivity (Wildman–Crippen MR) is 79.7 cm³/mol. The van der Waals surface area contributed by atoms with Crippen LogP contribution in [0.25, 0.3) is 0 Å². The Labute approximate surface area is 120 Å². The molecule has 2 rings (SSSR count). The van der Waals surface area contributed by atoms with Gasteiger partial charge in [0.1, 0.15) is 5.69 Å². The zero-order valence-electron chi connectivity index (χ0n) is 12.9. The molecule has 5 heteroatoms. The predicted octanol–water partition coefficient (Wildman–Crippen LogP) is 2.19. The number of aromatic nitrogens is 1. The van der Waals surface area contributed by atoms with Crippen LogP contribution in [-0.4, -0.2) is 29.7 Å². The molecule has 0 aliphatic heterocycles. The van der Waals surface area contributed by atoms with Gasteiger partial charge < -0.3 is 20.4 Å². The normalized spacial score (nSPS) is 24.5. The minimum absolute atomic E-state index is 0.0365.